The molecule has 1 aromatic heterocycles. The number of carbonyl (C=O) groups is 1. The molecule has 6 heteroatoms. The van der Waals surface area contributed by atoms with Crippen LogP contribution in [0.3, 0.4) is 0 Å². The van der Waals surface area contributed by atoms with Gasteiger partial charge in [0.2, 0.25) is 0 Å². The highest BCUT2D eigenvalue weighted by atomic mass is 32.1. The molecule has 0 spiro atoms. The molecule has 0 unspecified atom stereocenters. The average molecular weight is 308 g/mol. The van der Waals surface area contributed by atoms with Gasteiger partial charge in [-0.2, -0.15) is 0 Å². The van der Waals surface area contributed by atoms with Crippen LogP contribution in [0, 0.1) is 5.82 Å². The molecule has 0 saturated heterocycles. The van der Waals surface area contributed by atoms with Crippen LogP contribution in [0.2, 0.25) is 0 Å². The number of thiophene rings is 1. The number of fused-ring (bicyclic) bond motifs is 1. The van der Waals surface area contributed by atoms with E-state index in [0.29, 0.717) is 35.7 Å². The Balaban J connectivity index is 1.96. The van der Waals surface area contributed by atoms with Gasteiger partial charge in [0.25, 0.3) is 5.91 Å². The number of nitrogens with one attached hydrogen (secondary N) is 1. The smallest absolute Gasteiger partial charge is 0.263 e. The molecule has 0 fully saturated rings. The van der Waals surface area contributed by atoms with Crippen molar-refractivity contribution < 1.29 is 13.9 Å². The molecule has 0 aliphatic rings. The number of amides is 1. The van der Waals surface area contributed by atoms with Crippen LogP contribution in [-0.2, 0) is 4.74 Å². The lowest BCUT2D eigenvalue weighted by molar-refractivity contribution is 0.0922. The molecular weight excluding hydrogens is 291 g/mol. The zero-order chi connectivity index (χ0) is 15.2. The van der Waals surface area contributed by atoms with Crippen molar-refractivity contribution in [3.63, 3.8) is 0 Å². The average Bonchev–Trinajstić information content (AvgIpc) is 2.79. The molecule has 0 aliphatic heterocycles. The summed E-state index contributed by atoms with van der Waals surface area (Å²) in [7, 11) is 0. The van der Waals surface area contributed by atoms with Crippen LogP contribution in [-0.4, -0.2) is 25.7 Å². The molecule has 3 N–H and O–H groups in total. The van der Waals surface area contributed by atoms with E-state index in [1.54, 1.807) is 12.1 Å². The van der Waals surface area contributed by atoms with Gasteiger partial charge in [-0.25, -0.2) is 4.39 Å². The molecule has 1 amide bonds. The minimum absolute atomic E-state index is 0.263. The maximum atomic E-state index is 13.2. The third kappa shape index (κ3) is 3.80. The first-order chi connectivity index (χ1) is 10.1. The van der Waals surface area contributed by atoms with Crippen molar-refractivity contribution >= 4 is 33.0 Å². The molecule has 4 nitrogen and oxygen atoms in total. The summed E-state index contributed by atoms with van der Waals surface area (Å²) in [6.45, 7) is 5.01. The summed E-state index contributed by atoms with van der Waals surface area (Å²) in [5.74, 6) is -0.629. The van der Waals surface area contributed by atoms with Gasteiger partial charge >= 0.3 is 0 Å². The molecule has 0 radical (unpaired) electrons. The number of halogens is 1. The number of hydrogen-bond acceptors (Lipinski definition) is 4. The van der Waals surface area contributed by atoms with Crippen molar-refractivity contribution in [3.8, 4) is 0 Å². The summed E-state index contributed by atoms with van der Waals surface area (Å²) in [5, 5.41) is 3.32. The van der Waals surface area contributed by atoms with Gasteiger partial charge in [0.15, 0.2) is 0 Å². The molecule has 21 heavy (non-hydrogen) atoms. The van der Waals surface area contributed by atoms with Crippen LogP contribution in [0.5, 0.6) is 0 Å². The van der Waals surface area contributed by atoms with Crippen LogP contribution in [0.15, 0.2) is 30.9 Å². The molecule has 2 aromatic rings. The number of hydrogen-bond donors (Lipinski definition) is 2. The monoisotopic (exact) mass is 308 g/mol. The lowest BCUT2D eigenvalue weighted by atomic mass is 10.2. The van der Waals surface area contributed by atoms with Crippen LogP contribution < -0.4 is 11.1 Å². The van der Waals surface area contributed by atoms with Crippen LogP contribution in [0.25, 0.3) is 10.1 Å². The van der Waals surface area contributed by atoms with Gasteiger partial charge < -0.3 is 15.8 Å². The third-order valence-electron chi connectivity index (χ3n) is 2.89. The highest BCUT2D eigenvalue weighted by molar-refractivity contribution is 7.21. The fourth-order valence-electron chi connectivity index (χ4n) is 1.84. The molecule has 0 aliphatic carbocycles. The van der Waals surface area contributed by atoms with Gasteiger partial charge in [-0.1, -0.05) is 6.08 Å². The predicted molar refractivity (Wildman–Crippen MR) is 84.2 cm³/mol. The fraction of sp³-hybridized carbons (Fsp3) is 0.267. The van der Waals surface area contributed by atoms with E-state index in [2.05, 4.69) is 11.9 Å². The van der Waals surface area contributed by atoms with Crippen molar-refractivity contribution in [3.05, 3.63) is 41.5 Å². The van der Waals surface area contributed by atoms with E-state index in [9.17, 15) is 9.18 Å². The van der Waals surface area contributed by atoms with Crippen molar-refractivity contribution in [2.75, 3.05) is 25.5 Å². The standard InChI is InChI=1S/C15H17FN2O2S/c1-2-3-7-20-8-6-18-15(19)14-13(17)11-9-10(16)4-5-12(11)21-14/h2,4-5,9H,1,3,6-8,17H2,(H,18,19). The van der Waals surface area contributed by atoms with E-state index in [1.165, 1.54) is 23.5 Å². The van der Waals surface area contributed by atoms with Crippen LogP contribution in [0.4, 0.5) is 10.1 Å². The Morgan fingerprint density at radius 2 is 2.29 bits per heavy atom. The Hall–Kier alpha value is -1.92. The van der Waals surface area contributed by atoms with Gasteiger partial charge in [0.1, 0.15) is 10.7 Å². The Morgan fingerprint density at radius 3 is 3.05 bits per heavy atom. The lowest BCUT2D eigenvalue weighted by Crippen LogP contribution is -2.27. The number of carbonyl (C=O) groups excluding carboxylic acids is 1. The topological polar surface area (TPSA) is 64.3 Å². The van der Waals surface area contributed by atoms with Gasteiger partial charge in [0, 0.05) is 16.6 Å². The zero-order valence-electron chi connectivity index (χ0n) is 11.5. The van der Waals surface area contributed by atoms with E-state index in [4.69, 9.17) is 10.5 Å². The van der Waals surface area contributed by atoms with Gasteiger partial charge in [0.05, 0.1) is 18.9 Å². The summed E-state index contributed by atoms with van der Waals surface area (Å²) < 4.78 is 19.3. The highest BCUT2D eigenvalue weighted by Gasteiger charge is 2.16. The molecule has 0 bridgehead atoms. The van der Waals surface area contributed by atoms with E-state index < -0.39 is 0 Å². The number of nitrogen functional groups attached to an aromatic ring is 1. The number of benzene rings is 1. The minimum atomic E-state index is -0.366. The summed E-state index contributed by atoms with van der Waals surface area (Å²) in [6, 6.07) is 4.32. The maximum absolute atomic E-state index is 13.2. The van der Waals surface area contributed by atoms with Crippen molar-refractivity contribution in [1.82, 2.24) is 5.32 Å². The SMILES string of the molecule is C=CCCOCCNC(=O)c1sc2ccc(F)cc2c1N. The molecule has 0 saturated carbocycles. The van der Waals surface area contributed by atoms with Gasteiger partial charge in [-0.05, 0) is 24.6 Å². The molecule has 0 atom stereocenters. The van der Waals surface area contributed by atoms with Crippen LogP contribution >= 0.6 is 11.3 Å². The quantitative estimate of drug-likeness (QED) is 0.610. The number of ether oxygens (including phenoxy) is 1. The Morgan fingerprint density at radius 1 is 1.48 bits per heavy atom. The summed E-state index contributed by atoms with van der Waals surface area (Å²) in [6.07, 6.45) is 2.55. The van der Waals surface area contributed by atoms with Crippen LogP contribution in [0.1, 0.15) is 16.1 Å². The first kappa shape index (κ1) is 15.5. The lowest BCUT2D eigenvalue weighted by Gasteiger charge is -2.05. The second-order valence-electron chi connectivity index (χ2n) is 4.43. The number of anilines is 1. The van der Waals surface area contributed by atoms with Crippen molar-refractivity contribution in [2.24, 2.45) is 0 Å². The van der Waals surface area contributed by atoms with Crippen molar-refractivity contribution in [2.45, 2.75) is 6.42 Å². The maximum Gasteiger partial charge on any atom is 0.263 e. The molecule has 1 heterocycles. The Labute approximate surface area is 126 Å². The molecular formula is C15H17FN2O2S. The molecule has 112 valence electrons. The Kier molecular flexibility index (Phi) is 5.30. The molecule has 2 rings (SSSR count). The first-order valence-electron chi connectivity index (χ1n) is 6.58. The largest absolute Gasteiger partial charge is 0.397 e. The summed E-state index contributed by atoms with van der Waals surface area (Å²) in [5.41, 5.74) is 6.24. The fourth-order valence-corrected chi connectivity index (χ4v) is 2.86. The second-order valence-corrected chi connectivity index (χ2v) is 5.48. The van der Waals surface area contributed by atoms with Gasteiger partial charge in [-0.3, -0.25) is 4.79 Å². The number of rotatable bonds is 7. The summed E-state index contributed by atoms with van der Waals surface area (Å²) in [4.78, 5) is 12.5. The van der Waals surface area contributed by atoms with E-state index in [-0.39, 0.29) is 11.7 Å². The summed E-state index contributed by atoms with van der Waals surface area (Å²) >= 11 is 1.25. The first-order valence-corrected chi connectivity index (χ1v) is 7.39. The van der Waals surface area contributed by atoms with E-state index in [0.717, 1.165) is 11.1 Å². The minimum Gasteiger partial charge on any atom is -0.397 e. The normalized spacial score (nSPS) is 10.7. The second kappa shape index (κ2) is 7.19. The third-order valence-corrected chi connectivity index (χ3v) is 4.08. The van der Waals surface area contributed by atoms with E-state index >= 15 is 0 Å². The predicted octanol–water partition coefficient (Wildman–Crippen LogP) is 2.95. The van der Waals surface area contributed by atoms with Crippen molar-refractivity contribution in [1.29, 1.82) is 0 Å². The zero-order valence-corrected chi connectivity index (χ0v) is 12.3. The van der Waals surface area contributed by atoms with Gasteiger partial charge in [-0.15, -0.1) is 17.9 Å². The highest BCUT2D eigenvalue weighted by Crippen LogP contribution is 2.33. The number of nitrogens with two attached hydrogens (primary N) is 1. The van der Waals surface area contributed by atoms with E-state index in [1.807, 2.05) is 0 Å². The Bertz CT molecular complexity index is 654. The molecule has 1 aromatic carbocycles.